The van der Waals surface area contributed by atoms with Crippen molar-refractivity contribution in [3.63, 3.8) is 0 Å². The molecule has 2 heteroatoms. The first-order valence-electron chi connectivity index (χ1n) is 8.48. The number of ketones is 1. The molecule has 0 N–H and O–H groups in total. The Morgan fingerprint density at radius 3 is 2.57 bits per heavy atom. The maximum absolute atomic E-state index is 12.7. The Balaban J connectivity index is 1.64. The van der Waals surface area contributed by atoms with E-state index in [4.69, 9.17) is 0 Å². The van der Waals surface area contributed by atoms with Crippen LogP contribution in [0.2, 0.25) is 0 Å². The molecule has 3 rings (SSSR count). The second kappa shape index (κ2) is 6.31. The lowest BCUT2D eigenvalue weighted by Crippen LogP contribution is -2.41. The van der Waals surface area contributed by atoms with Gasteiger partial charge in [-0.25, -0.2) is 0 Å². The van der Waals surface area contributed by atoms with Crippen molar-refractivity contribution in [3.8, 4) is 0 Å². The number of hydrogen-bond acceptors (Lipinski definition) is 2. The average Bonchev–Trinajstić information content (AvgIpc) is 3.11. The van der Waals surface area contributed by atoms with Crippen molar-refractivity contribution >= 4 is 5.78 Å². The van der Waals surface area contributed by atoms with Gasteiger partial charge in [-0.1, -0.05) is 43.7 Å². The van der Waals surface area contributed by atoms with Crippen molar-refractivity contribution in [3.05, 3.63) is 35.9 Å². The first kappa shape index (κ1) is 14.8. The fraction of sp³-hybridized carbons (Fsp3) is 0.632. The molecule has 4 unspecified atom stereocenters. The molecule has 1 aromatic carbocycles. The molecule has 2 bridgehead atoms. The van der Waals surface area contributed by atoms with E-state index < -0.39 is 0 Å². The van der Waals surface area contributed by atoms with Crippen LogP contribution in [-0.2, 0) is 0 Å². The molecular weight excluding hydrogens is 258 g/mol. The van der Waals surface area contributed by atoms with E-state index in [1.807, 2.05) is 30.3 Å². The van der Waals surface area contributed by atoms with Crippen molar-refractivity contribution in [2.45, 2.75) is 45.1 Å². The maximum Gasteiger partial charge on any atom is 0.179 e. The zero-order valence-electron chi connectivity index (χ0n) is 13.3. The first-order valence-corrected chi connectivity index (χ1v) is 8.48. The molecule has 0 amide bonds. The van der Waals surface area contributed by atoms with Crippen LogP contribution in [0.3, 0.4) is 0 Å². The minimum atomic E-state index is 0.0338. The van der Waals surface area contributed by atoms with Crippen LogP contribution in [0.5, 0.6) is 0 Å². The maximum atomic E-state index is 12.7. The summed E-state index contributed by atoms with van der Waals surface area (Å²) in [5.74, 6) is 3.02. The highest BCUT2D eigenvalue weighted by atomic mass is 16.1. The second-order valence-electron chi connectivity index (χ2n) is 7.03. The molecule has 2 aliphatic rings. The van der Waals surface area contributed by atoms with Gasteiger partial charge in [-0.15, -0.1) is 0 Å². The fourth-order valence-corrected chi connectivity index (χ4v) is 4.59. The number of rotatable bonds is 6. The Morgan fingerprint density at radius 1 is 1.24 bits per heavy atom. The van der Waals surface area contributed by atoms with Crippen LogP contribution in [-0.4, -0.2) is 30.3 Å². The molecule has 2 aliphatic carbocycles. The van der Waals surface area contributed by atoms with Crippen LogP contribution in [0, 0.1) is 17.8 Å². The Bertz CT molecular complexity index is 484. The summed E-state index contributed by atoms with van der Waals surface area (Å²) in [6.45, 7) is 3.22. The van der Waals surface area contributed by atoms with Crippen LogP contribution in [0.25, 0.3) is 0 Å². The topological polar surface area (TPSA) is 20.3 Å². The molecule has 0 aliphatic heterocycles. The van der Waals surface area contributed by atoms with Gasteiger partial charge in [0.05, 0.1) is 6.04 Å². The molecule has 0 spiro atoms. The SMILES string of the molecule is CCC(C(=O)c1ccccc1)N(C)CC1CC2CCC1C2. The van der Waals surface area contributed by atoms with E-state index in [2.05, 4.69) is 18.9 Å². The van der Waals surface area contributed by atoms with Crippen molar-refractivity contribution < 1.29 is 4.79 Å². The highest BCUT2D eigenvalue weighted by Crippen LogP contribution is 2.48. The van der Waals surface area contributed by atoms with Gasteiger partial charge in [0.1, 0.15) is 0 Å². The molecule has 2 saturated carbocycles. The molecule has 0 aromatic heterocycles. The average molecular weight is 285 g/mol. The third kappa shape index (κ3) is 3.06. The zero-order chi connectivity index (χ0) is 14.8. The number of fused-ring (bicyclic) bond motifs is 2. The van der Waals surface area contributed by atoms with E-state index in [-0.39, 0.29) is 11.8 Å². The van der Waals surface area contributed by atoms with Gasteiger partial charge in [0.15, 0.2) is 5.78 Å². The molecule has 21 heavy (non-hydrogen) atoms. The van der Waals surface area contributed by atoms with Gasteiger partial charge in [0.25, 0.3) is 0 Å². The lowest BCUT2D eigenvalue weighted by Gasteiger charge is -2.31. The van der Waals surface area contributed by atoms with Gasteiger partial charge in [-0.3, -0.25) is 9.69 Å². The predicted octanol–water partition coefficient (Wildman–Crippen LogP) is 4.02. The number of nitrogens with zero attached hydrogens (tertiary/aromatic N) is 1. The molecule has 0 saturated heterocycles. The van der Waals surface area contributed by atoms with Crippen LogP contribution in [0.1, 0.15) is 49.4 Å². The van der Waals surface area contributed by atoms with Crippen molar-refractivity contribution in [2.75, 3.05) is 13.6 Å². The minimum absolute atomic E-state index is 0.0338. The Morgan fingerprint density at radius 2 is 2.00 bits per heavy atom. The van der Waals surface area contributed by atoms with E-state index in [0.29, 0.717) is 0 Å². The summed E-state index contributed by atoms with van der Waals surface area (Å²) in [7, 11) is 2.14. The molecule has 114 valence electrons. The summed E-state index contributed by atoms with van der Waals surface area (Å²) in [5.41, 5.74) is 0.851. The Hall–Kier alpha value is -1.15. The molecule has 0 heterocycles. The van der Waals surface area contributed by atoms with E-state index >= 15 is 0 Å². The van der Waals surface area contributed by atoms with Crippen molar-refractivity contribution in [2.24, 2.45) is 17.8 Å². The Kier molecular flexibility index (Phi) is 4.44. The lowest BCUT2D eigenvalue weighted by atomic mass is 9.88. The van der Waals surface area contributed by atoms with Crippen LogP contribution < -0.4 is 0 Å². The normalized spacial score (nSPS) is 29.0. The summed E-state index contributed by atoms with van der Waals surface area (Å²) in [5, 5.41) is 0. The highest BCUT2D eigenvalue weighted by Gasteiger charge is 2.40. The van der Waals surface area contributed by atoms with E-state index in [1.165, 1.54) is 25.7 Å². The molecule has 4 atom stereocenters. The highest BCUT2D eigenvalue weighted by molar-refractivity contribution is 6.00. The molecular formula is C19H27NO. The predicted molar refractivity (Wildman–Crippen MR) is 86.4 cm³/mol. The minimum Gasteiger partial charge on any atom is -0.296 e. The van der Waals surface area contributed by atoms with Gasteiger partial charge in [0.2, 0.25) is 0 Å². The second-order valence-corrected chi connectivity index (χ2v) is 7.03. The van der Waals surface area contributed by atoms with Gasteiger partial charge >= 0.3 is 0 Å². The van der Waals surface area contributed by atoms with E-state index in [1.54, 1.807) is 0 Å². The van der Waals surface area contributed by atoms with Gasteiger partial charge in [-0.05, 0) is 50.5 Å². The number of carbonyl (C=O) groups is 1. The summed E-state index contributed by atoms with van der Waals surface area (Å²) in [6.07, 6.45) is 6.61. The summed E-state index contributed by atoms with van der Waals surface area (Å²) in [4.78, 5) is 15.0. The summed E-state index contributed by atoms with van der Waals surface area (Å²) >= 11 is 0. The van der Waals surface area contributed by atoms with Gasteiger partial charge in [-0.2, -0.15) is 0 Å². The van der Waals surface area contributed by atoms with Crippen LogP contribution >= 0.6 is 0 Å². The smallest absolute Gasteiger partial charge is 0.179 e. The zero-order valence-corrected chi connectivity index (χ0v) is 13.3. The monoisotopic (exact) mass is 285 g/mol. The molecule has 2 fully saturated rings. The fourth-order valence-electron chi connectivity index (χ4n) is 4.59. The molecule has 2 nitrogen and oxygen atoms in total. The van der Waals surface area contributed by atoms with Gasteiger partial charge < -0.3 is 0 Å². The van der Waals surface area contributed by atoms with E-state index in [9.17, 15) is 4.79 Å². The number of hydrogen-bond donors (Lipinski definition) is 0. The van der Waals surface area contributed by atoms with Crippen molar-refractivity contribution in [1.82, 2.24) is 4.90 Å². The van der Waals surface area contributed by atoms with Crippen LogP contribution in [0.4, 0.5) is 0 Å². The number of carbonyl (C=O) groups excluding carboxylic acids is 1. The third-order valence-electron chi connectivity index (χ3n) is 5.69. The van der Waals surface area contributed by atoms with Gasteiger partial charge in [0, 0.05) is 12.1 Å². The molecule has 0 radical (unpaired) electrons. The molecule has 1 aromatic rings. The first-order chi connectivity index (χ1) is 10.2. The third-order valence-corrected chi connectivity index (χ3v) is 5.69. The summed E-state index contributed by atoms with van der Waals surface area (Å²) in [6, 6.07) is 9.79. The summed E-state index contributed by atoms with van der Waals surface area (Å²) < 4.78 is 0. The standard InChI is InChI=1S/C19H27NO/c1-3-18(19(21)15-7-5-4-6-8-15)20(2)13-17-12-14-9-10-16(17)11-14/h4-8,14,16-18H,3,9-13H2,1-2H3. The van der Waals surface area contributed by atoms with Crippen LogP contribution in [0.15, 0.2) is 30.3 Å². The largest absolute Gasteiger partial charge is 0.296 e. The Labute approximate surface area is 128 Å². The van der Waals surface area contributed by atoms with E-state index in [0.717, 1.165) is 36.3 Å². The number of benzene rings is 1. The quantitative estimate of drug-likeness (QED) is 0.736. The number of likely N-dealkylation sites (N-methyl/N-ethyl adjacent to an activating group) is 1. The lowest BCUT2D eigenvalue weighted by molar-refractivity contribution is 0.0809. The van der Waals surface area contributed by atoms with Crippen molar-refractivity contribution in [1.29, 1.82) is 0 Å². The number of Topliss-reactive ketones (excluding diaryl/α,β-unsaturated/α-hetero) is 1.